The van der Waals surface area contributed by atoms with Crippen molar-refractivity contribution in [3.8, 4) is 0 Å². The fourth-order valence-electron chi connectivity index (χ4n) is 2.07. The summed E-state index contributed by atoms with van der Waals surface area (Å²) in [5.74, 6) is 0.558. The molecular weight excluding hydrogens is 232 g/mol. The van der Waals surface area contributed by atoms with Gasteiger partial charge in [0.25, 0.3) is 5.91 Å². The lowest BCUT2D eigenvalue weighted by atomic mass is 10.2. The number of morpholine rings is 1. The van der Waals surface area contributed by atoms with Crippen LogP contribution in [0.2, 0.25) is 0 Å². The van der Waals surface area contributed by atoms with Crippen molar-refractivity contribution in [3.63, 3.8) is 0 Å². The molecule has 18 heavy (non-hydrogen) atoms. The third-order valence-corrected chi connectivity index (χ3v) is 2.83. The number of aromatic nitrogens is 2. The summed E-state index contributed by atoms with van der Waals surface area (Å²) in [6, 6.07) is 0. The normalized spacial score (nSPS) is 23.8. The van der Waals surface area contributed by atoms with Crippen LogP contribution >= 0.6 is 0 Å². The van der Waals surface area contributed by atoms with Gasteiger partial charge in [0, 0.05) is 20.1 Å². The van der Waals surface area contributed by atoms with Gasteiger partial charge in [-0.3, -0.25) is 4.79 Å². The summed E-state index contributed by atoms with van der Waals surface area (Å²) in [7, 11) is 1.76. The lowest BCUT2D eigenvalue weighted by molar-refractivity contribution is -0.0587. The molecule has 0 aromatic carbocycles. The van der Waals surface area contributed by atoms with Crippen LogP contribution in [0.4, 0.5) is 5.82 Å². The maximum atomic E-state index is 12.2. The number of nitrogens with one attached hydrogen (secondary N) is 1. The molecule has 1 saturated heterocycles. The number of hydrogen-bond donors (Lipinski definition) is 1. The number of anilines is 1. The smallest absolute Gasteiger partial charge is 0.274 e. The van der Waals surface area contributed by atoms with E-state index in [-0.39, 0.29) is 18.1 Å². The lowest BCUT2D eigenvalue weighted by Crippen LogP contribution is -2.48. The van der Waals surface area contributed by atoms with Crippen LogP contribution in [0.5, 0.6) is 0 Å². The summed E-state index contributed by atoms with van der Waals surface area (Å²) in [4.78, 5) is 22.2. The molecule has 2 rings (SSSR count). The first-order valence-corrected chi connectivity index (χ1v) is 6.04. The molecule has 2 atom stereocenters. The molecule has 6 heteroatoms. The number of rotatable bonds is 2. The number of ether oxygens (including phenoxy) is 1. The van der Waals surface area contributed by atoms with E-state index in [2.05, 4.69) is 15.3 Å². The van der Waals surface area contributed by atoms with Crippen molar-refractivity contribution in [2.75, 3.05) is 25.5 Å². The summed E-state index contributed by atoms with van der Waals surface area (Å²) in [6.45, 7) is 5.12. The summed E-state index contributed by atoms with van der Waals surface area (Å²) in [5, 5.41) is 2.87. The van der Waals surface area contributed by atoms with E-state index >= 15 is 0 Å². The van der Waals surface area contributed by atoms with Gasteiger partial charge >= 0.3 is 0 Å². The average Bonchev–Trinajstić information content (AvgIpc) is 2.37. The summed E-state index contributed by atoms with van der Waals surface area (Å²) in [5.41, 5.74) is 0.371. The van der Waals surface area contributed by atoms with Gasteiger partial charge in [0.15, 0.2) is 0 Å². The van der Waals surface area contributed by atoms with Crippen LogP contribution in [-0.2, 0) is 4.74 Å². The zero-order valence-electron chi connectivity index (χ0n) is 10.9. The molecule has 0 saturated carbocycles. The number of hydrogen-bond acceptors (Lipinski definition) is 5. The first kappa shape index (κ1) is 12.8. The minimum absolute atomic E-state index is 0.0576. The van der Waals surface area contributed by atoms with Crippen molar-refractivity contribution in [1.29, 1.82) is 0 Å². The van der Waals surface area contributed by atoms with Crippen LogP contribution in [0.25, 0.3) is 0 Å². The summed E-state index contributed by atoms with van der Waals surface area (Å²) >= 11 is 0. The van der Waals surface area contributed by atoms with Crippen molar-refractivity contribution < 1.29 is 9.53 Å². The van der Waals surface area contributed by atoms with E-state index in [0.717, 1.165) is 0 Å². The maximum Gasteiger partial charge on any atom is 0.274 e. The molecule has 1 fully saturated rings. The minimum Gasteiger partial charge on any atom is -0.372 e. The Kier molecular flexibility index (Phi) is 3.76. The second kappa shape index (κ2) is 5.30. The Morgan fingerprint density at radius 2 is 2.00 bits per heavy atom. The van der Waals surface area contributed by atoms with Gasteiger partial charge in [0.2, 0.25) is 0 Å². The maximum absolute atomic E-state index is 12.2. The molecule has 0 spiro atoms. The summed E-state index contributed by atoms with van der Waals surface area (Å²) in [6.07, 6.45) is 3.17. The van der Waals surface area contributed by atoms with Crippen molar-refractivity contribution >= 4 is 11.7 Å². The van der Waals surface area contributed by atoms with Crippen molar-refractivity contribution in [1.82, 2.24) is 14.9 Å². The van der Waals surface area contributed by atoms with Gasteiger partial charge in [-0.1, -0.05) is 0 Å². The molecule has 6 nitrogen and oxygen atoms in total. The van der Waals surface area contributed by atoms with Gasteiger partial charge in [-0.15, -0.1) is 0 Å². The zero-order chi connectivity index (χ0) is 13.1. The molecule has 1 aromatic heterocycles. The first-order valence-electron chi connectivity index (χ1n) is 6.04. The Morgan fingerprint density at radius 1 is 1.33 bits per heavy atom. The fraction of sp³-hybridized carbons (Fsp3) is 0.583. The van der Waals surface area contributed by atoms with Crippen LogP contribution in [-0.4, -0.2) is 53.1 Å². The highest BCUT2D eigenvalue weighted by Crippen LogP contribution is 2.13. The average molecular weight is 250 g/mol. The molecular formula is C12H18N4O2. The Balaban J connectivity index is 2.09. The molecule has 1 aliphatic heterocycles. The van der Waals surface area contributed by atoms with Crippen LogP contribution in [0.1, 0.15) is 24.3 Å². The number of amides is 1. The Hall–Kier alpha value is -1.69. The Labute approximate surface area is 106 Å². The predicted octanol–water partition coefficient (Wildman–Crippen LogP) is 0.768. The second-order valence-electron chi connectivity index (χ2n) is 4.50. The highest BCUT2D eigenvalue weighted by Gasteiger charge is 2.27. The lowest BCUT2D eigenvalue weighted by Gasteiger charge is -2.35. The third kappa shape index (κ3) is 2.76. The van der Waals surface area contributed by atoms with Crippen LogP contribution in [0.15, 0.2) is 12.4 Å². The van der Waals surface area contributed by atoms with E-state index in [1.807, 2.05) is 13.8 Å². The molecule has 0 aliphatic carbocycles. The second-order valence-corrected chi connectivity index (χ2v) is 4.50. The van der Waals surface area contributed by atoms with Crippen LogP contribution < -0.4 is 5.32 Å². The highest BCUT2D eigenvalue weighted by molar-refractivity contribution is 5.92. The molecule has 0 unspecified atom stereocenters. The number of carbonyl (C=O) groups is 1. The van der Waals surface area contributed by atoms with Crippen molar-refractivity contribution in [2.24, 2.45) is 0 Å². The molecule has 1 aliphatic rings. The van der Waals surface area contributed by atoms with E-state index in [1.54, 1.807) is 18.1 Å². The molecule has 0 radical (unpaired) electrons. The van der Waals surface area contributed by atoms with Gasteiger partial charge in [-0.25, -0.2) is 9.97 Å². The van der Waals surface area contributed by atoms with E-state index in [4.69, 9.17) is 4.74 Å². The standard InChI is InChI=1S/C12H18N4O2/c1-8-6-16(7-9(2)18-8)12(17)10-4-15-11(13-3)5-14-10/h4-5,8-9H,6-7H2,1-3H3,(H,13,15)/t8-,9+. The zero-order valence-corrected chi connectivity index (χ0v) is 10.9. The molecule has 2 heterocycles. The van der Waals surface area contributed by atoms with Crippen molar-refractivity contribution in [2.45, 2.75) is 26.1 Å². The summed E-state index contributed by atoms with van der Waals surface area (Å²) < 4.78 is 5.60. The Bertz CT molecular complexity index is 411. The minimum atomic E-state index is -0.0906. The van der Waals surface area contributed by atoms with Gasteiger partial charge < -0.3 is 15.0 Å². The molecule has 1 N–H and O–H groups in total. The quantitative estimate of drug-likeness (QED) is 0.839. The van der Waals surface area contributed by atoms with Gasteiger partial charge in [0.05, 0.1) is 24.6 Å². The first-order chi connectivity index (χ1) is 8.60. The molecule has 1 amide bonds. The highest BCUT2D eigenvalue weighted by atomic mass is 16.5. The number of carbonyl (C=O) groups excluding carboxylic acids is 1. The van der Waals surface area contributed by atoms with Crippen LogP contribution in [0, 0.1) is 0 Å². The topological polar surface area (TPSA) is 67.4 Å². The van der Waals surface area contributed by atoms with Crippen molar-refractivity contribution in [3.05, 3.63) is 18.1 Å². The predicted molar refractivity (Wildman–Crippen MR) is 67.5 cm³/mol. The third-order valence-electron chi connectivity index (χ3n) is 2.83. The van der Waals surface area contributed by atoms with E-state index in [1.165, 1.54) is 6.20 Å². The monoisotopic (exact) mass is 250 g/mol. The SMILES string of the molecule is CNc1cnc(C(=O)N2C[C@@H](C)O[C@@H](C)C2)cn1. The van der Waals surface area contributed by atoms with E-state index in [9.17, 15) is 4.79 Å². The van der Waals surface area contributed by atoms with Gasteiger partial charge in [-0.2, -0.15) is 0 Å². The van der Waals surface area contributed by atoms with Crippen LogP contribution in [0.3, 0.4) is 0 Å². The van der Waals surface area contributed by atoms with Gasteiger partial charge in [0.1, 0.15) is 11.5 Å². The Morgan fingerprint density at radius 3 is 2.50 bits per heavy atom. The molecule has 98 valence electrons. The van der Waals surface area contributed by atoms with Gasteiger partial charge in [-0.05, 0) is 13.8 Å². The number of nitrogens with zero attached hydrogens (tertiary/aromatic N) is 3. The van der Waals surface area contributed by atoms with E-state index in [0.29, 0.717) is 24.6 Å². The molecule has 1 aromatic rings. The fourth-order valence-corrected chi connectivity index (χ4v) is 2.07. The largest absolute Gasteiger partial charge is 0.372 e. The van der Waals surface area contributed by atoms with E-state index < -0.39 is 0 Å². The molecule has 0 bridgehead atoms.